The third kappa shape index (κ3) is 2.99. The highest BCUT2D eigenvalue weighted by Gasteiger charge is 2.14. The van der Waals surface area contributed by atoms with Crippen molar-refractivity contribution in [3.05, 3.63) is 29.8 Å². The van der Waals surface area contributed by atoms with Gasteiger partial charge < -0.3 is 10.1 Å². The molecular weight excluding hydrogens is 198 g/mol. The molecule has 0 heterocycles. The van der Waals surface area contributed by atoms with Gasteiger partial charge >= 0.3 is 0 Å². The smallest absolute Gasteiger partial charge is 0.123 e. The van der Waals surface area contributed by atoms with Crippen LogP contribution < -0.4 is 10.1 Å². The summed E-state index contributed by atoms with van der Waals surface area (Å²) in [4.78, 5) is 0. The number of ether oxygens (including phenoxy) is 1. The molecule has 1 fully saturated rings. The summed E-state index contributed by atoms with van der Waals surface area (Å²) in [5.74, 6) is 1.02. The lowest BCUT2D eigenvalue weighted by molar-refractivity contribution is 0.334. The highest BCUT2D eigenvalue weighted by Crippen LogP contribution is 2.21. The second-order valence-electron chi connectivity index (χ2n) is 4.40. The minimum Gasteiger partial charge on any atom is -0.494 e. The van der Waals surface area contributed by atoms with Gasteiger partial charge in [0.15, 0.2) is 0 Å². The van der Waals surface area contributed by atoms with Crippen LogP contribution in [0.25, 0.3) is 0 Å². The van der Waals surface area contributed by atoms with Crippen LogP contribution in [0.1, 0.15) is 38.2 Å². The van der Waals surface area contributed by atoms with Crippen molar-refractivity contribution in [1.82, 2.24) is 5.32 Å². The van der Waals surface area contributed by atoms with E-state index in [1.54, 1.807) is 0 Å². The van der Waals surface area contributed by atoms with Crippen molar-refractivity contribution in [2.45, 2.75) is 45.2 Å². The first-order valence-electron chi connectivity index (χ1n) is 6.34. The van der Waals surface area contributed by atoms with Crippen molar-refractivity contribution in [2.75, 3.05) is 6.61 Å². The SMILES string of the molecule is CCOc1ccccc1CNC1CCCC1. The molecule has 0 aromatic heterocycles. The molecule has 0 atom stereocenters. The molecule has 88 valence electrons. The molecule has 0 spiro atoms. The van der Waals surface area contributed by atoms with Gasteiger partial charge in [0.1, 0.15) is 5.75 Å². The summed E-state index contributed by atoms with van der Waals surface area (Å²) in [6.07, 6.45) is 5.42. The van der Waals surface area contributed by atoms with E-state index in [1.165, 1.54) is 31.2 Å². The van der Waals surface area contributed by atoms with Gasteiger partial charge in [-0.15, -0.1) is 0 Å². The Labute approximate surface area is 98.0 Å². The molecule has 1 aromatic rings. The average molecular weight is 219 g/mol. The highest BCUT2D eigenvalue weighted by atomic mass is 16.5. The van der Waals surface area contributed by atoms with Crippen molar-refractivity contribution in [2.24, 2.45) is 0 Å². The second-order valence-corrected chi connectivity index (χ2v) is 4.40. The van der Waals surface area contributed by atoms with Gasteiger partial charge in [-0.3, -0.25) is 0 Å². The minimum atomic E-state index is 0.717. The molecular formula is C14H21NO. The Hall–Kier alpha value is -1.02. The molecule has 0 radical (unpaired) electrons. The fourth-order valence-corrected chi connectivity index (χ4v) is 2.33. The van der Waals surface area contributed by atoms with Crippen LogP contribution in [-0.4, -0.2) is 12.6 Å². The van der Waals surface area contributed by atoms with Crippen LogP contribution >= 0.6 is 0 Å². The summed E-state index contributed by atoms with van der Waals surface area (Å²) >= 11 is 0. The molecule has 2 nitrogen and oxygen atoms in total. The third-order valence-corrected chi connectivity index (χ3v) is 3.21. The van der Waals surface area contributed by atoms with Gasteiger partial charge in [0.25, 0.3) is 0 Å². The first-order valence-corrected chi connectivity index (χ1v) is 6.34. The molecule has 0 unspecified atom stereocenters. The molecule has 2 rings (SSSR count). The quantitative estimate of drug-likeness (QED) is 0.821. The van der Waals surface area contributed by atoms with Gasteiger partial charge in [0.05, 0.1) is 6.61 Å². The van der Waals surface area contributed by atoms with E-state index < -0.39 is 0 Å². The molecule has 0 amide bonds. The summed E-state index contributed by atoms with van der Waals surface area (Å²) in [5, 5.41) is 3.62. The van der Waals surface area contributed by atoms with Crippen LogP contribution in [0, 0.1) is 0 Å². The number of hydrogen-bond donors (Lipinski definition) is 1. The second kappa shape index (κ2) is 5.90. The van der Waals surface area contributed by atoms with Crippen LogP contribution in [0.2, 0.25) is 0 Å². The maximum atomic E-state index is 5.61. The molecule has 1 aromatic carbocycles. The number of hydrogen-bond acceptors (Lipinski definition) is 2. The van der Waals surface area contributed by atoms with Gasteiger partial charge in [-0.1, -0.05) is 31.0 Å². The lowest BCUT2D eigenvalue weighted by Crippen LogP contribution is -2.25. The lowest BCUT2D eigenvalue weighted by Gasteiger charge is -2.14. The van der Waals surface area contributed by atoms with Crippen LogP contribution in [0.15, 0.2) is 24.3 Å². The van der Waals surface area contributed by atoms with Gasteiger partial charge in [-0.25, -0.2) is 0 Å². The zero-order chi connectivity index (χ0) is 11.2. The first kappa shape index (κ1) is 11.5. The van der Waals surface area contributed by atoms with Gasteiger partial charge in [-0.2, -0.15) is 0 Å². The molecule has 1 aliphatic carbocycles. The monoisotopic (exact) mass is 219 g/mol. The molecule has 2 heteroatoms. The van der Waals surface area contributed by atoms with E-state index in [-0.39, 0.29) is 0 Å². The topological polar surface area (TPSA) is 21.3 Å². The summed E-state index contributed by atoms with van der Waals surface area (Å²) in [6.45, 7) is 3.70. The van der Waals surface area contributed by atoms with E-state index in [1.807, 2.05) is 13.0 Å². The lowest BCUT2D eigenvalue weighted by atomic mass is 10.1. The predicted molar refractivity (Wildman–Crippen MR) is 66.7 cm³/mol. The highest BCUT2D eigenvalue weighted by molar-refractivity contribution is 5.33. The van der Waals surface area contributed by atoms with E-state index in [9.17, 15) is 0 Å². The van der Waals surface area contributed by atoms with Crippen molar-refractivity contribution in [3.8, 4) is 5.75 Å². The molecule has 0 bridgehead atoms. The van der Waals surface area contributed by atoms with E-state index in [0.717, 1.165) is 24.9 Å². The van der Waals surface area contributed by atoms with Gasteiger partial charge in [-0.05, 0) is 25.8 Å². The zero-order valence-corrected chi connectivity index (χ0v) is 10.0. The van der Waals surface area contributed by atoms with Crippen molar-refractivity contribution < 1.29 is 4.74 Å². The molecule has 0 aliphatic heterocycles. The number of rotatable bonds is 5. The first-order chi connectivity index (χ1) is 7.90. The molecule has 0 saturated heterocycles. The summed E-state index contributed by atoms with van der Waals surface area (Å²) in [6, 6.07) is 9.02. The van der Waals surface area contributed by atoms with Crippen LogP contribution in [0.4, 0.5) is 0 Å². The molecule has 1 saturated carbocycles. The Morgan fingerprint density at radius 2 is 2.00 bits per heavy atom. The number of nitrogens with one attached hydrogen (secondary N) is 1. The largest absolute Gasteiger partial charge is 0.494 e. The Kier molecular flexibility index (Phi) is 4.23. The van der Waals surface area contributed by atoms with Crippen molar-refractivity contribution in [1.29, 1.82) is 0 Å². The Morgan fingerprint density at radius 1 is 1.25 bits per heavy atom. The molecule has 1 aliphatic rings. The third-order valence-electron chi connectivity index (χ3n) is 3.21. The average Bonchev–Trinajstić information content (AvgIpc) is 2.81. The molecule has 1 N–H and O–H groups in total. The van der Waals surface area contributed by atoms with Crippen molar-refractivity contribution in [3.63, 3.8) is 0 Å². The van der Waals surface area contributed by atoms with E-state index in [2.05, 4.69) is 23.5 Å². The zero-order valence-electron chi connectivity index (χ0n) is 10.0. The Morgan fingerprint density at radius 3 is 2.75 bits per heavy atom. The van der Waals surface area contributed by atoms with Crippen LogP contribution in [-0.2, 0) is 6.54 Å². The Bertz CT molecular complexity index is 318. The Balaban J connectivity index is 1.91. The number of benzene rings is 1. The van der Waals surface area contributed by atoms with Gasteiger partial charge in [0.2, 0.25) is 0 Å². The predicted octanol–water partition coefficient (Wildman–Crippen LogP) is 3.12. The van der Waals surface area contributed by atoms with E-state index in [0.29, 0.717) is 0 Å². The fourth-order valence-electron chi connectivity index (χ4n) is 2.33. The maximum absolute atomic E-state index is 5.61. The fraction of sp³-hybridized carbons (Fsp3) is 0.571. The van der Waals surface area contributed by atoms with Gasteiger partial charge in [0, 0.05) is 18.2 Å². The number of para-hydroxylation sites is 1. The van der Waals surface area contributed by atoms with Crippen LogP contribution in [0.3, 0.4) is 0 Å². The van der Waals surface area contributed by atoms with E-state index >= 15 is 0 Å². The summed E-state index contributed by atoms with van der Waals surface area (Å²) in [7, 11) is 0. The molecule has 16 heavy (non-hydrogen) atoms. The normalized spacial score (nSPS) is 16.6. The standard InChI is InChI=1S/C14H21NO/c1-2-16-14-10-6-3-7-12(14)11-15-13-8-4-5-9-13/h3,6-7,10,13,15H,2,4-5,8-9,11H2,1H3. The summed E-state index contributed by atoms with van der Waals surface area (Å²) in [5.41, 5.74) is 1.27. The minimum absolute atomic E-state index is 0.717. The maximum Gasteiger partial charge on any atom is 0.123 e. The van der Waals surface area contributed by atoms with E-state index in [4.69, 9.17) is 4.74 Å². The summed E-state index contributed by atoms with van der Waals surface area (Å²) < 4.78 is 5.61. The van der Waals surface area contributed by atoms with Crippen molar-refractivity contribution >= 4 is 0 Å². The van der Waals surface area contributed by atoms with Crippen LogP contribution in [0.5, 0.6) is 5.75 Å².